The van der Waals surface area contributed by atoms with Gasteiger partial charge in [-0.2, -0.15) is 0 Å². The van der Waals surface area contributed by atoms with Gasteiger partial charge in [0.1, 0.15) is 0 Å². The Morgan fingerprint density at radius 1 is 1.27 bits per heavy atom. The van der Waals surface area contributed by atoms with Crippen LogP contribution in [0, 0.1) is 17.5 Å². The molecule has 0 unspecified atom stereocenters. The second kappa shape index (κ2) is 4.79. The summed E-state index contributed by atoms with van der Waals surface area (Å²) in [6.45, 7) is 0.123. The molecule has 3 N–H and O–H groups in total. The van der Waals surface area contributed by atoms with Crippen molar-refractivity contribution in [2.45, 2.75) is 6.42 Å². The molecule has 0 aliphatic rings. The number of nitrogens with one attached hydrogen (secondary N) is 1. The van der Waals surface area contributed by atoms with Crippen molar-refractivity contribution in [1.82, 2.24) is 0 Å². The highest BCUT2D eigenvalue weighted by Crippen LogP contribution is 2.17. The summed E-state index contributed by atoms with van der Waals surface area (Å²) in [6.07, 6.45) is 0.0284. The Bertz CT molecular complexity index is 359. The van der Waals surface area contributed by atoms with Crippen LogP contribution in [-0.2, 0) is 4.79 Å². The first kappa shape index (κ1) is 11.5. The molecule has 6 heteroatoms. The zero-order chi connectivity index (χ0) is 11.4. The van der Waals surface area contributed by atoms with Gasteiger partial charge in [-0.3, -0.25) is 4.79 Å². The van der Waals surface area contributed by atoms with Crippen molar-refractivity contribution in [2.24, 2.45) is 5.73 Å². The maximum Gasteiger partial charge on any atom is 0.225 e. The molecule has 0 radical (unpaired) electrons. The van der Waals surface area contributed by atoms with Crippen molar-refractivity contribution in [3.05, 3.63) is 29.6 Å². The van der Waals surface area contributed by atoms with E-state index in [0.717, 1.165) is 0 Å². The highest BCUT2D eigenvalue weighted by molar-refractivity contribution is 5.90. The second-order valence-electron chi connectivity index (χ2n) is 2.84. The number of hydrogen-bond donors (Lipinski definition) is 2. The highest BCUT2D eigenvalue weighted by Gasteiger charge is 2.11. The number of halogens is 3. The zero-order valence-electron chi connectivity index (χ0n) is 7.69. The van der Waals surface area contributed by atoms with Crippen LogP contribution in [0.3, 0.4) is 0 Å². The van der Waals surface area contributed by atoms with E-state index in [1.54, 1.807) is 0 Å². The second-order valence-corrected chi connectivity index (χ2v) is 2.84. The molecule has 0 aliphatic carbocycles. The van der Waals surface area contributed by atoms with E-state index in [-0.39, 0.29) is 18.7 Å². The van der Waals surface area contributed by atoms with E-state index in [9.17, 15) is 18.0 Å². The van der Waals surface area contributed by atoms with Crippen molar-refractivity contribution >= 4 is 11.6 Å². The van der Waals surface area contributed by atoms with Gasteiger partial charge in [-0.15, -0.1) is 0 Å². The molecule has 1 amide bonds. The molecular weight excluding hydrogens is 209 g/mol. The topological polar surface area (TPSA) is 55.1 Å². The fourth-order valence-electron chi connectivity index (χ4n) is 0.982. The van der Waals surface area contributed by atoms with Crippen LogP contribution in [-0.4, -0.2) is 12.5 Å². The van der Waals surface area contributed by atoms with Crippen LogP contribution < -0.4 is 11.1 Å². The average molecular weight is 218 g/mol. The predicted molar refractivity (Wildman–Crippen MR) is 48.6 cm³/mol. The third-order valence-electron chi connectivity index (χ3n) is 1.64. The Balaban J connectivity index is 2.83. The fourth-order valence-corrected chi connectivity index (χ4v) is 0.982. The zero-order valence-corrected chi connectivity index (χ0v) is 7.69. The average Bonchev–Trinajstić information content (AvgIpc) is 2.14. The van der Waals surface area contributed by atoms with Gasteiger partial charge in [0.05, 0.1) is 0 Å². The van der Waals surface area contributed by atoms with E-state index in [1.807, 2.05) is 0 Å². The molecule has 1 aromatic carbocycles. The summed E-state index contributed by atoms with van der Waals surface area (Å²) in [7, 11) is 0. The monoisotopic (exact) mass is 218 g/mol. The van der Waals surface area contributed by atoms with Crippen LogP contribution in [0.5, 0.6) is 0 Å². The Morgan fingerprint density at radius 3 is 2.27 bits per heavy atom. The minimum atomic E-state index is -1.56. The summed E-state index contributed by atoms with van der Waals surface area (Å²) >= 11 is 0. The SMILES string of the molecule is NCCC(=O)Nc1cc(F)c(F)c(F)c1. The van der Waals surface area contributed by atoms with Crippen molar-refractivity contribution in [3.63, 3.8) is 0 Å². The lowest BCUT2D eigenvalue weighted by atomic mass is 10.2. The van der Waals surface area contributed by atoms with Crippen molar-refractivity contribution in [3.8, 4) is 0 Å². The highest BCUT2D eigenvalue weighted by atomic mass is 19.2. The fraction of sp³-hybridized carbons (Fsp3) is 0.222. The molecule has 1 aromatic rings. The maximum atomic E-state index is 12.7. The molecule has 0 atom stereocenters. The Morgan fingerprint density at radius 2 is 1.80 bits per heavy atom. The van der Waals surface area contributed by atoms with E-state index >= 15 is 0 Å². The summed E-state index contributed by atoms with van der Waals surface area (Å²) in [5, 5.41) is 2.19. The van der Waals surface area contributed by atoms with Crippen LogP contribution in [0.25, 0.3) is 0 Å². The van der Waals surface area contributed by atoms with Gasteiger partial charge in [0.25, 0.3) is 0 Å². The van der Waals surface area contributed by atoms with Crippen LogP contribution >= 0.6 is 0 Å². The molecule has 0 aliphatic heterocycles. The molecule has 0 saturated carbocycles. The van der Waals surface area contributed by atoms with Crippen molar-refractivity contribution in [1.29, 1.82) is 0 Å². The molecule has 0 bridgehead atoms. The van der Waals surface area contributed by atoms with E-state index in [2.05, 4.69) is 5.32 Å². The van der Waals surface area contributed by atoms with Crippen LogP contribution in [0.15, 0.2) is 12.1 Å². The Hall–Kier alpha value is -1.56. The molecule has 0 aromatic heterocycles. The third-order valence-corrected chi connectivity index (χ3v) is 1.64. The number of rotatable bonds is 3. The van der Waals surface area contributed by atoms with E-state index in [4.69, 9.17) is 5.73 Å². The molecule has 0 spiro atoms. The number of carbonyl (C=O) groups is 1. The number of amides is 1. The molecular formula is C9H9F3N2O. The normalized spacial score (nSPS) is 10.1. The molecule has 0 saturated heterocycles. The number of nitrogens with two attached hydrogens (primary N) is 1. The molecule has 82 valence electrons. The van der Waals surface area contributed by atoms with Gasteiger partial charge in [0, 0.05) is 30.8 Å². The standard InChI is InChI=1S/C9H9F3N2O/c10-6-3-5(4-7(11)9(6)12)14-8(15)1-2-13/h3-4H,1-2,13H2,(H,14,15). The van der Waals surface area contributed by atoms with Crippen LogP contribution in [0.1, 0.15) is 6.42 Å². The van der Waals surface area contributed by atoms with Gasteiger partial charge in [0.15, 0.2) is 17.5 Å². The number of carbonyl (C=O) groups excluding carboxylic acids is 1. The van der Waals surface area contributed by atoms with Gasteiger partial charge in [-0.25, -0.2) is 13.2 Å². The third kappa shape index (κ3) is 2.95. The van der Waals surface area contributed by atoms with Gasteiger partial charge < -0.3 is 11.1 Å². The molecule has 0 heterocycles. The van der Waals surface area contributed by atoms with Crippen LogP contribution in [0.4, 0.5) is 18.9 Å². The quantitative estimate of drug-likeness (QED) is 0.753. The lowest BCUT2D eigenvalue weighted by molar-refractivity contribution is -0.116. The summed E-state index contributed by atoms with van der Waals surface area (Å²) in [5.41, 5.74) is 4.96. The van der Waals surface area contributed by atoms with E-state index < -0.39 is 23.4 Å². The summed E-state index contributed by atoms with van der Waals surface area (Å²) in [4.78, 5) is 11.0. The molecule has 0 fully saturated rings. The smallest absolute Gasteiger partial charge is 0.225 e. The minimum Gasteiger partial charge on any atom is -0.330 e. The first-order valence-corrected chi connectivity index (χ1v) is 4.19. The van der Waals surface area contributed by atoms with Gasteiger partial charge in [-0.1, -0.05) is 0 Å². The van der Waals surface area contributed by atoms with Gasteiger partial charge in [0.2, 0.25) is 5.91 Å². The van der Waals surface area contributed by atoms with Gasteiger partial charge >= 0.3 is 0 Å². The number of hydrogen-bond acceptors (Lipinski definition) is 2. The lowest BCUT2D eigenvalue weighted by Crippen LogP contribution is -2.16. The van der Waals surface area contributed by atoms with Crippen LogP contribution in [0.2, 0.25) is 0 Å². The Kier molecular flexibility index (Phi) is 3.68. The van der Waals surface area contributed by atoms with E-state index in [0.29, 0.717) is 12.1 Å². The molecule has 1 rings (SSSR count). The van der Waals surface area contributed by atoms with Crippen molar-refractivity contribution < 1.29 is 18.0 Å². The predicted octanol–water partition coefficient (Wildman–Crippen LogP) is 1.39. The van der Waals surface area contributed by atoms with E-state index in [1.165, 1.54) is 0 Å². The maximum absolute atomic E-state index is 12.7. The van der Waals surface area contributed by atoms with Crippen molar-refractivity contribution in [2.75, 3.05) is 11.9 Å². The first-order valence-electron chi connectivity index (χ1n) is 4.19. The first-order chi connectivity index (χ1) is 7.04. The molecule has 3 nitrogen and oxygen atoms in total. The number of benzene rings is 1. The lowest BCUT2D eigenvalue weighted by Gasteiger charge is -2.05. The summed E-state index contributed by atoms with van der Waals surface area (Å²) < 4.78 is 37.9. The summed E-state index contributed by atoms with van der Waals surface area (Å²) in [5.74, 6) is -4.74. The Labute approximate surface area is 84.1 Å². The minimum absolute atomic E-state index is 0.0284. The molecule has 15 heavy (non-hydrogen) atoms. The number of anilines is 1. The summed E-state index contributed by atoms with van der Waals surface area (Å²) in [6, 6.07) is 1.40. The van der Waals surface area contributed by atoms with Gasteiger partial charge in [-0.05, 0) is 0 Å². The largest absolute Gasteiger partial charge is 0.330 e.